The summed E-state index contributed by atoms with van der Waals surface area (Å²) in [5.41, 5.74) is 5.50. The van der Waals surface area contributed by atoms with Crippen molar-refractivity contribution in [1.82, 2.24) is 9.88 Å². The third kappa shape index (κ3) is 3.85. The Balaban J connectivity index is 1.55. The Morgan fingerprint density at radius 2 is 2.03 bits per heavy atom. The summed E-state index contributed by atoms with van der Waals surface area (Å²) >= 11 is 1.97. The van der Waals surface area contributed by atoms with Crippen LogP contribution >= 0.6 is 11.8 Å². The Morgan fingerprint density at radius 1 is 1.22 bits per heavy atom. The van der Waals surface area contributed by atoms with E-state index in [0.29, 0.717) is 11.6 Å². The van der Waals surface area contributed by atoms with Crippen LogP contribution in [-0.2, 0) is 4.74 Å². The van der Waals surface area contributed by atoms with E-state index in [4.69, 9.17) is 4.74 Å². The highest BCUT2D eigenvalue weighted by molar-refractivity contribution is 7.99. The van der Waals surface area contributed by atoms with Crippen LogP contribution in [0, 0.1) is 6.92 Å². The molecular formula is C26H30N2O3S. The van der Waals surface area contributed by atoms with Gasteiger partial charge in [0.05, 0.1) is 11.7 Å². The summed E-state index contributed by atoms with van der Waals surface area (Å²) in [6.45, 7) is 5.94. The van der Waals surface area contributed by atoms with Gasteiger partial charge in [0.15, 0.2) is 0 Å². The molecule has 1 saturated heterocycles. The number of fused-ring (bicyclic) bond motifs is 3. The maximum absolute atomic E-state index is 11.4. The number of nitrogens with one attached hydrogen (secondary N) is 1. The lowest BCUT2D eigenvalue weighted by Crippen LogP contribution is -2.42. The van der Waals surface area contributed by atoms with Gasteiger partial charge in [-0.05, 0) is 79.8 Å². The Morgan fingerprint density at radius 3 is 2.78 bits per heavy atom. The molecule has 1 unspecified atom stereocenters. The summed E-state index contributed by atoms with van der Waals surface area (Å²) in [7, 11) is 0. The summed E-state index contributed by atoms with van der Waals surface area (Å²) in [6, 6.07) is 12.6. The molecule has 1 aromatic heterocycles. The molecule has 2 aliphatic rings. The van der Waals surface area contributed by atoms with Crippen LogP contribution in [0.25, 0.3) is 10.9 Å². The highest BCUT2D eigenvalue weighted by Gasteiger charge is 2.37. The van der Waals surface area contributed by atoms with Crippen molar-refractivity contribution in [2.75, 3.05) is 18.9 Å². The fourth-order valence-corrected chi connectivity index (χ4v) is 6.73. The summed E-state index contributed by atoms with van der Waals surface area (Å²) in [4.78, 5) is 18.9. The van der Waals surface area contributed by atoms with Crippen molar-refractivity contribution in [3.63, 3.8) is 0 Å². The second kappa shape index (κ2) is 8.93. The number of aryl methyl sites for hydroxylation is 1. The molecule has 3 aromatic rings. The van der Waals surface area contributed by atoms with Gasteiger partial charge in [0.25, 0.3) is 0 Å². The minimum absolute atomic E-state index is 0.208. The Labute approximate surface area is 193 Å². The topological polar surface area (TPSA) is 65.6 Å². The second-order valence-corrected chi connectivity index (χ2v) is 9.94. The van der Waals surface area contributed by atoms with Crippen molar-refractivity contribution in [2.45, 2.75) is 56.2 Å². The standard InChI is InChI=1S/C26H30N2O3S/c1-3-31-19-9-12-28(22(15-19)17-4-6-18(7-5-17)26(29)30)21-10-13-32-23-14-16(2)25-20(24(21)23)8-11-27-25/h4-8,11,14,19,21-22,27H,3,9-10,12-13,15H2,1-2H3,(H,29,30)/t19-,21?,22-/m0/s1. The van der Waals surface area contributed by atoms with Gasteiger partial charge in [-0.3, -0.25) is 4.90 Å². The third-order valence-electron chi connectivity index (χ3n) is 6.97. The molecule has 0 radical (unpaired) electrons. The second-order valence-electron chi connectivity index (χ2n) is 8.81. The van der Waals surface area contributed by atoms with Crippen molar-refractivity contribution >= 4 is 28.6 Å². The number of rotatable bonds is 5. The maximum atomic E-state index is 11.4. The zero-order valence-corrected chi connectivity index (χ0v) is 19.5. The number of likely N-dealkylation sites (tertiary alicyclic amines) is 1. The van der Waals surface area contributed by atoms with Crippen LogP contribution in [0.3, 0.4) is 0 Å². The van der Waals surface area contributed by atoms with Gasteiger partial charge in [-0.2, -0.15) is 0 Å². The minimum Gasteiger partial charge on any atom is -0.478 e. The third-order valence-corrected chi connectivity index (χ3v) is 8.06. The molecule has 32 heavy (non-hydrogen) atoms. The Hall–Kier alpha value is -2.28. The van der Waals surface area contributed by atoms with Gasteiger partial charge in [-0.1, -0.05) is 12.1 Å². The predicted molar refractivity (Wildman–Crippen MR) is 129 cm³/mol. The van der Waals surface area contributed by atoms with Crippen molar-refractivity contribution in [3.8, 4) is 0 Å². The first kappa shape index (κ1) is 21.6. The number of thioether (sulfide) groups is 1. The number of aromatic carboxylic acids is 1. The Kier molecular flexibility index (Phi) is 6.01. The molecule has 6 heteroatoms. The molecule has 0 aliphatic carbocycles. The molecule has 3 atom stereocenters. The van der Waals surface area contributed by atoms with E-state index in [0.717, 1.165) is 38.2 Å². The lowest BCUT2D eigenvalue weighted by Gasteiger charge is -2.46. The number of carboxylic acid groups (broad SMARTS) is 1. The molecular weight excluding hydrogens is 420 g/mol. The highest BCUT2D eigenvalue weighted by atomic mass is 32.2. The first-order valence-electron chi connectivity index (χ1n) is 11.5. The number of ether oxygens (including phenoxy) is 1. The van der Waals surface area contributed by atoms with Gasteiger partial charge in [0, 0.05) is 47.2 Å². The van der Waals surface area contributed by atoms with E-state index in [1.165, 1.54) is 32.5 Å². The molecule has 2 aliphatic heterocycles. The van der Waals surface area contributed by atoms with E-state index in [1.54, 1.807) is 12.1 Å². The number of nitrogens with zero attached hydrogens (tertiary/aromatic N) is 1. The summed E-state index contributed by atoms with van der Waals surface area (Å²) < 4.78 is 6.05. The molecule has 2 N–H and O–H groups in total. The summed E-state index contributed by atoms with van der Waals surface area (Å²) in [6.07, 6.45) is 5.37. The number of hydrogen-bond donors (Lipinski definition) is 2. The molecule has 0 amide bonds. The smallest absolute Gasteiger partial charge is 0.335 e. The van der Waals surface area contributed by atoms with Gasteiger partial charge >= 0.3 is 5.97 Å². The fourth-order valence-electron chi connectivity index (χ4n) is 5.51. The van der Waals surface area contributed by atoms with Crippen molar-refractivity contribution in [2.24, 2.45) is 0 Å². The number of carboxylic acids is 1. The Bertz CT molecular complexity index is 1120. The van der Waals surface area contributed by atoms with Gasteiger partial charge in [-0.15, -0.1) is 11.8 Å². The average molecular weight is 451 g/mol. The van der Waals surface area contributed by atoms with E-state index < -0.39 is 5.97 Å². The molecule has 5 rings (SSSR count). The van der Waals surface area contributed by atoms with Crippen LogP contribution in [0.1, 0.15) is 65.3 Å². The van der Waals surface area contributed by atoms with E-state index in [1.807, 2.05) is 23.9 Å². The first-order valence-corrected chi connectivity index (χ1v) is 12.5. The largest absolute Gasteiger partial charge is 0.478 e. The predicted octanol–water partition coefficient (Wildman–Crippen LogP) is 5.95. The molecule has 0 bridgehead atoms. The summed E-state index contributed by atoms with van der Waals surface area (Å²) in [5, 5.41) is 10.7. The van der Waals surface area contributed by atoms with E-state index >= 15 is 0 Å². The molecule has 2 aromatic carbocycles. The molecule has 1 fully saturated rings. The molecule has 5 nitrogen and oxygen atoms in total. The minimum atomic E-state index is -0.882. The monoisotopic (exact) mass is 450 g/mol. The molecule has 168 valence electrons. The number of carbonyl (C=O) groups is 1. The van der Waals surface area contributed by atoms with E-state index in [9.17, 15) is 9.90 Å². The van der Waals surface area contributed by atoms with Gasteiger partial charge in [0.1, 0.15) is 0 Å². The van der Waals surface area contributed by atoms with E-state index in [2.05, 4.69) is 42.1 Å². The van der Waals surface area contributed by atoms with Crippen LogP contribution in [0.2, 0.25) is 0 Å². The number of hydrogen-bond acceptors (Lipinski definition) is 4. The zero-order valence-electron chi connectivity index (χ0n) is 18.6. The molecule has 0 saturated carbocycles. The maximum Gasteiger partial charge on any atom is 0.335 e. The fraction of sp³-hybridized carbons (Fsp3) is 0.423. The number of piperidine rings is 1. The lowest BCUT2D eigenvalue weighted by molar-refractivity contribution is -0.0267. The van der Waals surface area contributed by atoms with Gasteiger partial charge in [0.2, 0.25) is 0 Å². The van der Waals surface area contributed by atoms with Crippen molar-refractivity contribution in [3.05, 3.63) is 64.8 Å². The summed E-state index contributed by atoms with van der Waals surface area (Å²) in [5.74, 6) is 0.232. The number of aromatic nitrogens is 1. The van der Waals surface area contributed by atoms with Crippen LogP contribution < -0.4 is 0 Å². The average Bonchev–Trinajstić information content (AvgIpc) is 3.30. The quantitative estimate of drug-likeness (QED) is 0.503. The number of H-pyrrole nitrogens is 1. The highest BCUT2D eigenvalue weighted by Crippen LogP contribution is 2.48. The van der Waals surface area contributed by atoms with Crippen molar-refractivity contribution < 1.29 is 14.6 Å². The normalized spacial score (nSPS) is 23.9. The molecule has 0 spiro atoms. The van der Waals surface area contributed by atoms with E-state index in [-0.39, 0.29) is 12.1 Å². The number of benzene rings is 2. The van der Waals surface area contributed by atoms with Crippen LogP contribution in [0.15, 0.2) is 47.5 Å². The van der Waals surface area contributed by atoms with Gasteiger partial charge < -0.3 is 14.8 Å². The van der Waals surface area contributed by atoms with Crippen molar-refractivity contribution in [1.29, 1.82) is 0 Å². The van der Waals surface area contributed by atoms with Crippen LogP contribution in [0.5, 0.6) is 0 Å². The SMILES string of the molecule is CCO[C@H]1CCN(C2CCSc3cc(C)c4[nH]ccc4c32)[C@H](c2ccc(C(=O)O)cc2)C1. The van der Waals surface area contributed by atoms with Crippen LogP contribution in [-0.4, -0.2) is 46.0 Å². The lowest BCUT2D eigenvalue weighted by atomic mass is 9.87. The number of aromatic amines is 1. The zero-order chi connectivity index (χ0) is 22.2. The first-order chi connectivity index (χ1) is 15.6. The van der Waals surface area contributed by atoms with Gasteiger partial charge in [-0.25, -0.2) is 4.79 Å². The van der Waals surface area contributed by atoms with Crippen LogP contribution in [0.4, 0.5) is 0 Å². The molecule has 3 heterocycles.